The van der Waals surface area contributed by atoms with Crippen molar-refractivity contribution in [1.29, 1.82) is 0 Å². The van der Waals surface area contributed by atoms with Crippen molar-refractivity contribution < 1.29 is 17.5 Å². The van der Waals surface area contributed by atoms with E-state index in [0.717, 1.165) is 25.6 Å². The summed E-state index contributed by atoms with van der Waals surface area (Å²) in [6.07, 6.45) is 0.930. The van der Waals surface area contributed by atoms with Crippen LogP contribution in [0.3, 0.4) is 0 Å². The van der Waals surface area contributed by atoms with E-state index in [9.17, 15) is 12.8 Å². The summed E-state index contributed by atoms with van der Waals surface area (Å²) in [5.41, 5.74) is 0.293. The van der Waals surface area contributed by atoms with Gasteiger partial charge in [-0.25, -0.2) is 17.9 Å². The van der Waals surface area contributed by atoms with Gasteiger partial charge < -0.3 is 10.1 Å². The molecule has 1 aliphatic heterocycles. The van der Waals surface area contributed by atoms with Crippen LogP contribution in [0.15, 0.2) is 23.1 Å². The van der Waals surface area contributed by atoms with Crippen LogP contribution in [-0.2, 0) is 14.8 Å². The Morgan fingerprint density at radius 1 is 1.55 bits per heavy atom. The van der Waals surface area contributed by atoms with Gasteiger partial charge in [0.2, 0.25) is 10.0 Å². The maximum absolute atomic E-state index is 13.4. The summed E-state index contributed by atoms with van der Waals surface area (Å²) < 4.78 is 42.6. The molecule has 2 rings (SSSR count). The Bertz CT molecular complexity index is 571. The molecule has 7 heteroatoms. The third kappa shape index (κ3) is 3.54. The molecule has 0 radical (unpaired) electrons. The van der Waals surface area contributed by atoms with Gasteiger partial charge in [-0.15, -0.1) is 0 Å². The van der Waals surface area contributed by atoms with Crippen molar-refractivity contribution in [2.24, 2.45) is 5.14 Å². The van der Waals surface area contributed by atoms with Gasteiger partial charge in [-0.3, -0.25) is 0 Å². The van der Waals surface area contributed by atoms with E-state index in [4.69, 9.17) is 9.88 Å². The zero-order chi connectivity index (χ0) is 14.8. The van der Waals surface area contributed by atoms with Crippen LogP contribution in [0.25, 0.3) is 0 Å². The second kappa shape index (κ2) is 6.17. The second-order valence-electron chi connectivity index (χ2n) is 4.87. The molecule has 1 aliphatic rings. The lowest BCUT2D eigenvalue weighted by Crippen LogP contribution is -2.22. The van der Waals surface area contributed by atoms with Crippen LogP contribution in [0.5, 0.6) is 0 Å². The summed E-state index contributed by atoms with van der Waals surface area (Å²) in [6, 6.07) is 3.47. The van der Waals surface area contributed by atoms with E-state index < -0.39 is 21.9 Å². The van der Waals surface area contributed by atoms with E-state index >= 15 is 0 Å². The number of sulfonamides is 1. The third-order valence-corrected chi connectivity index (χ3v) is 4.35. The van der Waals surface area contributed by atoms with Gasteiger partial charge in [-0.2, -0.15) is 0 Å². The Morgan fingerprint density at radius 2 is 2.30 bits per heavy atom. The maximum atomic E-state index is 13.4. The number of nitrogens with one attached hydrogen (secondary N) is 1. The molecule has 0 aliphatic carbocycles. The van der Waals surface area contributed by atoms with Crippen molar-refractivity contribution in [1.82, 2.24) is 5.32 Å². The van der Waals surface area contributed by atoms with Crippen LogP contribution in [0, 0.1) is 5.82 Å². The molecule has 0 bridgehead atoms. The molecule has 112 valence electrons. The molecule has 1 aromatic rings. The number of benzene rings is 1. The van der Waals surface area contributed by atoms with E-state index in [1.807, 2.05) is 6.92 Å². The van der Waals surface area contributed by atoms with Gasteiger partial charge in [-0.05, 0) is 37.6 Å². The highest BCUT2D eigenvalue weighted by Gasteiger charge is 2.25. The number of rotatable bonds is 5. The molecule has 1 fully saturated rings. The van der Waals surface area contributed by atoms with Crippen molar-refractivity contribution in [2.75, 3.05) is 13.1 Å². The topological polar surface area (TPSA) is 81.4 Å². The van der Waals surface area contributed by atoms with Gasteiger partial charge >= 0.3 is 0 Å². The van der Waals surface area contributed by atoms with E-state index in [2.05, 4.69) is 5.32 Å². The van der Waals surface area contributed by atoms with Gasteiger partial charge in [0.05, 0.1) is 17.1 Å². The third-order valence-electron chi connectivity index (χ3n) is 3.37. The summed E-state index contributed by atoms with van der Waals surface area (Å²) in [4.78, 5) is -0.0725. The summed E-state index contributed by atoms with van der Waals surface area (Å²) in [6.45, 7) is 3.45. The summed E-state index contributed by atoms with van der Waals surface area (Å²) >= 11 is 0. The first-order valence-electron chi connectivity index (χ1n) is 6.60. The minimum absolute atomic E-state index is 0.0107. The molecule has 0 saturated carbocycles. The molecule has 0 spiro atoms. The predicted molar refractivity (Wildman–Crippen MR) is 73.2 cm³/mol. The molecule has 1 aromatic carbocycles. The minimum Gasteiger partial charge on any atom is -0.369 e. The van der Waals surface area contributed by atoms with Gasteiger partial charge in [0.1, 0.15) is 5.82 Å². The van der Waals surface area contributed by atoms with E-state index in [1.165, 1.54) is 12.1 Å². The Morgan fingerprint density at radius 3 is 2.85 bits per heavy atom. The largest absolute Gasteiger partial charge is 0.369 e. The molecule has 0 amide bonds. The first-order valence-corrected chi connectivity index (χ1v) is 8.15. The van der Waals surface area contributed by atoms with Gasteiger partial charge in [-0.1, -0.05) is 6.92 Å². The number of primary sulfonamides is 1. The number of hydrogen-bond donors (Lipinski definition) is 2. The van der Waals surface area contributed by atoms with Crippen molar-refractivity contribution >= 4 is 10.0 Å². The first kappa shape index (κ1) is 15.4. The highest BCUT2D eigenvalue weighted by molar-refractivity contribution is 7.89. The smallest absolute Gasteiger partial charge is 0.238 e. The zero-order valence-corrected chi connectivity index (χ0v) is 12.1. The van der Waals surface area contributed by atoms with Crippen LogP contribution < -0.4 is 10.5 Å². The number of ether oxygens (including phenoxy) is 1. The minimum atomic E-state index is -3.90. The molecule has 20 heavy (non-hydrogen) atoms. The Kier molecular flexibility index (Phi) is 4.74. The van der Waals surface area contributed by atoms with Crippen LogP contribution in [0.2, 0.25) is 0 Å². The standard InChI is InChI=1S/C13H19FN2O3S/c1-2-12(19-10-5-6-16-8-10)11-7-9(14)3-4-13(11)20(15,17)18/h3-4,7,10,12,16H,2,5-6,8H2,1H3,(H2,15,17,18)/t10?,12-/m1/s1. The summed E-state index contributed by atoms with van der Waals surface area (Å²) in [5.74, 6) is -0.501. The number of nitrogens with two attached hydrogens (primary N) is 1. The lowest BCUT2D eigenvalue weighted by Gasteiger charge is -2.22. The van der Waals surface area contributed by atoms with Crippen molar-refractivity contribution in [3.8, 4) is 0 Å². The lowest BCUT2D eigenvalue weighted by atomic mass is 10.1. The Hall–Kier alpha value is -1.02. The summed E-state index contributed by atoms with van der Waals surface area (Å²) in [5, 5.41) is 8.36. The zero-order valence-electron chi connectivity index (χ0n) is 11.3. The summed E-state index contributed by atoms with van der Waals surface area (Å²) in [7, 11) is -3.90. The average Bonchev–Trinajstić information content (AvgIpc) is 2.87. The quantitative estimate of drug-likeness (QED) is 0.859. The Balaban J connectivity index is 2.34. The van der Waals surface area contributed by atoms with Crippen molar-refractivity contribution in [3.05, 3.63) is 29.6 Å². The maximum Gasteiger partial charge on any atom is 0.238 e. The highest BCUT2D eigenvalue weighted by atomic mass is 32.2. The van der Waals surface area contributed by atoms with Gasteiger partial charge in [0.15, 0.2) is 0 Å². The molecule has 1 unspecified atom stereocenters. The van der Waals surface area contributed by atoms with Crippen LogP contribution in [0.1, 0.15) is 31.4 Å². The molecule has 1 heterocycles. The van der Waals surface area contributed by atoms with E-state index in [1.54, 1.807) is 0 Å². The molecular weight excluding hydrogens is 283 g/mol. The molecule has 3 N–H and O–H groups in total. The predicted octanol–water partition coefficient (Wildman–Crippen LogP) is 1.30. The number of hydrogen-bond acceptors (Lipinski definition) is 4. The van der Waals surface area contributed by atoms with Crippen molar-refractivity contribution in [2.45, 2.75) is 36.9 Å². The number of halogens is 1. The molecule has 5 nitrogen and oxygen atoms in total. The highest BCUT2D eigenvalue weighted by Crippen LogP contribution is 2.30. The molecule has 2 atom stereocenters. The van der Waals surface area contributed by atoms with Crippen LogP contribution in [0.4, 0.5) is 4.39 Å². The van der Waals surface area contributed by atoms with Crippen LogP contribution >= 0.6 is 0 Å². The monoisotopic (exact) mass is 302 g/mol. The SMILES string of the molecule is CC[C@@H](OC1CCNC1)c1cc(F)ccc1S(N)(=O)=O. The Labute approximate surface area is 118 Å². The lowest BCUT2D eigenvalue weighted by molar-refractivity contribution is -0.00611. The molecule has 0 aromatic heterocycles. The average molecular weight is 302 g/mol. The van der Waals surface area contributed by atoms with Crippen LogP contribution in [-0.4, -0.2) is 27.6 Å². The normalized spacial score (nSPS) is 21.1. The second-order valence-corrected chi connectivity index (χ2v) is 6.40. The van der Waals surface area contributed by atoms with E-state index in [0.29, 0.717) is 12.0 Å². The fourth-order valence-corrected chi connectivity index (χ4v) is 3.17. The van der Waals surface area contributed by atoms with E-state index in [-0.39, 0.29) is 11.0 Å². The fourth-order valence-electron chi connectivity index (χ4n) is 2.40. The molecular formula is C13H19FN2O3S. The first-order chi connectivity index (χ1) is 9.41. The fraction of sp³-hybridized carbons (Fsp3) is 0.538. The molecule has 1 saturated heterocycles. The van der Waals surface area contributed by atoms with Crippen molar-refractivity contribution in [3.63, 3.8) is 0 Å². The van der Waals surface area contributed by atoms with Gasteiger partial charge in [0.25, 0.3) is 0 Å². The van der Waals surface area contributed by atoms with Gasteiger partial charge in [0, 0.05) is 12.1 Å².